The summed E-state index contributed by atoms with van der Waals surface area (Å²) in [6, 6.07) is 11.9. The molecule has 0 radical (unpaired) electrons. The molecule has 0 saturated carbocycles. The Morgan fingerprint density at radius 3 is 2.61 bits per heavy atom. The molecule has 2 aromatic carbocycles. The average molecular weight is 245 g/mol. The van der Waals surface area contributed by atoms with Crippen molar-refractivity contribution in [2.75, 3.05) is 13.7 Å². The number of nitrogens with two attached hydrogens (primary N) is 1. The fraction of sp³-hybridized carbons (Fsp3) is 0.333. The summed E-state index contributed by atoms with van der Waals surface area (Å²) in [5.74, 6) is 0.700. The zero-order valence-electron chi connectivity index (χ0n) is 10.8. The Balaban J connectivity index is 2.64. The molecule has 2 unspecified atom stereocenters. The second kappa shape index (κ2) is 5.38. The van der Waals surface area contributed by atoms with E-state index < -0.39 is 6.10 Å². The topological polar surface area (TPSA) is 55.5 Å². The Morgan fingerprint density at radius 2 is 1.94 bits per heavy atom. The minimum absolute atomic E-state index is 0.00953. The lowest BCUT2D eigenvalue weighted by Crippen LogP contribution is -2.19. The normalized spacial score (nSPS) is 14.4. The maximum absolute atomic E-state index is 10.4. The molecule has 0 aromatic heterocycles. The van der Waals surface area contributed by atoms with Crippen molar-refractivity contribution in [3.05, 3.63) is 42.0 Å². The van der Waals surface area contributed by atoms with E-state index in [0.29, 0.717) is 12.3 Å². The molecule has 0 saturated heterocycles. The highest BCUT2D eigenvalue weighted by Gasteiger charge is 2.21. The second-order valence-electron chi connectivity index (χ2n) is 4.56. The molecular formula is C15H19NO2. The first kappa shape index (κ1) is 12.9. The van der Waals surface area contributed by atoms with Gasteiger partial charge in [0.1, 0.15) is 5.75 Å². The highest BCUT2D eigenvalue weighted by molar-refractivity contribution is 5.88. The predicted molar refractivity (Wildman–Crippen MR) is 73.7 cm³/mol. The van der Waals surface area contributed by atoms with Crippen LogP contribution in [0, 0.1) is 5.92 Å². The van der Waals surface area contributed by atoms with Gasteiger partial charge in [-0.1, -0.05) is 37.3 Å². The molecule has 0 aliphatic heterocycles. The van der Waals surface area contributed by atoms with Crippen molar-refractivity contribution in [1.82, 2.24) is 0 Å². The van der Waals surface area contributed by atoms with E-state index in [1.165, 1.54) is 0 Å². The summed E-state index contributed by atoms with van der Waals surface area (Å²) in [4.78, 5) is 0. The first-order valence-corrected chi connectivity index (χ1v) is 6.12. The van der Waals surface area contributed by atoms with E-state index in [1.54, 1.807) is 7.11 Å². The third-order valence-electron chi connectivity index (χ3n) is 3.36. The number of hydrogen-bond acceptors (Lipinski definition) is 3. The van der Waals surface area contributed by atoms with Crippen LogP contribution in [0.15, 0.2) is 36.4 Å². The van der Waals surface area contributed by atoms with E-state index in [1.807, 2.05) is 43.3 Å². The number of aliphatic hydroxyl groups excluding tert-OH is 1. The lowest BCUT2D eigenvalue weighted by Gasteiger charge is -2.21. The van der Waals surface area contributed by atoms with Gasteiger partial charge in [-0.25, -0.2) is 0 Å². The molecule has 0 bridgehead atoms. The van der Waals surface area contributed by atoms with Crippen LogP contribution < -0.4 is 10.5 Å². The predicted octanol–water partition coefficient (Wildman–Crippen LogP) is 2.48. The number of fused-ring (bicyclic) bond motifs is 1. The summed E-state index contributed by atoms with van der Waals surface area (Å²) in [5.41, 5.74) is 6.47. The summed E-state index contributed by atoms with van der Waals surface area (Å²) in [6.07, 6.45) is -0.615. The number of aliphatic hydroxyl groups is 1. The van der Waals surface area contributed by atoms with Crippen LogP contribution in [0.5, 0.6) is 5.75 Å². The summed E-state index contributed by atoms with van der Waals surface area (Å²) in [5, 5.41) is 12.6. The first-order chi connectivity index (χ1) is 8.69. The quantitative estimate of drug-likeness (QED) is 0.870. The highest BCUT2D eigenvalue weighted by Crippen LogP contribution is 2.35. The molecule has 2 rings (SSSR count). The van der Waals surface area contributed by atoms with Crippen LogP contribution >= 0.6 is 0 Å². The van der Waals surface area contributed by atoms with Crippen LogP contribution in [0.3, 0.4) is 0 Å². The standard InChI is InChI=1S/C15H19NO2/c1-10(9-16)15(17)14-12-6-4-3-5-11(12)7-8-13(14)18-2/h3-8,10,15,17H,9,16H2,1-2H3. The maximum atomic E-state index is 10.4. The number of methoxy groups -OCH3 is 1. The van der Waals surface area contributed by atoms with Crippen LogP contribution in [0.1, 0.15) is 18.6 Å². The molecule has 2 aromatic rings. The zero-order valence-corrected chi connectivity index (χ0v) is 10.8. The monoisotopic (exact) mass is 245 g/mol. The Bertz CT molecular complexity index is 539. The average Bonchev–Trinajstić information content (AvgIpc) is 2.44. The van der Waals surface area contributed by atoms with Crippen molar-refractivity contribution in [2.45, 2.75) is 13.0 Å². The lowest BCUT2D eigenvalue weighted by atomic mass is 9.92. The Hall–Kier alpha value is -1.58. The number of ether oxygens (including phenoxy) is 1. The summed E-state index contributed by atoms with van der Waals surface area (Å²) < 4.78 is 5.37. The third kappa shape index (κ3) is 2.19. The van der Waals surface area contributed by atoms with Gasteiger partial charge in [0.25, 0.3) is 0 Å². The molecule has 0 aliphatic carbocycles. The van der Waals surface area contributed by atoms with Crippen LogP contribution in [0.2, 0.25) is 0 Å². The molecular weight excluding hydrogens is 226 g/mol. The molecule has 0 aliphatic rings. The van der Waals surface area contributed by atoms with Gasteiger partial charge in [-0.15, -0.1) is 0 Å². The van der Waals surface area contributed by atoms with E-state index in [-0.39, 0.29) is 5.92 Å². The first-order valence-electron chi connectivity index (χ1n) is 6.12. The van der Waals surface area contributed by atoms with Crippen molar-refractivity contribution in [3.63, 3.8) is 0 Å². The summed E-state index contributed by atoms with van der Waals surface area (Å²) in [7, 11) is 1.62. The Labute approximate surface area is 107 Å². The highest BCUT2D eigenvalue weighted by atomic mass is 16.5. The van der Waals surface area contributed by atoms with Gasteiger partial charge in [0.05, 0.1) is 13.2 Å². The molecule has 0 amide bonds. The van der Waals surface area contributed by atoms with Gasteiger partial charge in [0.15, 0.2) is 0 Å². The van der Waals surface area contributed by atoms with Gasteiger partial charge in [-0.05, 0) is 29.3 Å². The summed E-state index contributed by atoms with van der Waals surface area (Å²) >= 11 is 0. The van der Waals surface area contributed by atoms with Crippen molar-refractivity contribution < 1.29 is 9.84 Å². The van der Waals surface area contributed by atoms with Crippen molar-refractivity contribution >= 4 is 10.8 Å². The van der Waals surface area contributed by atoms with Crippen molar-refractivity contribution in [3.8, 4) is 5.75 Å². The minimum Gasteiger partial charge on any atom is -0.496 e. The molecule has 3 nitrogen and oxygen atoms in total. The van der Waals surface area contributed by atoms with Crippen LogP contribution in [0.4, 0.5) is 0 Å². The van der Waals surface area contributed by atoms with E-state index >= 15 is 0 Å². The van der Waals surface area contributed by atoms with Crippen LogP contribution in [-0.4, -0.2) is 18.8 Å². The Kier molecular flexibility index (Phi) is 3.84. The van der Waals surface area contributed by atoms with Gasteiger partial charge in [-0.2, -0.15) is 0 Å². The van der Waals surface area contributed by atoms with E-state index in [0.717, 1.165) is 16.3 Å². The van der Waals surface area contributed by atoms with Gasteiger partial charge in [0.2, 0.25) is 0 Å². The van der Waals surface area contributed by atoms with Crippen molar-refractivity contribution in [1.29, 1.82) is 0 Å². The van der Waals surface area contributed by atoms with Crippen molar-refractivity contribution in [2.24, 2.45) is 11.7 Å². The third-order valence-corrected chi connectivity index (χ3v) is 3.36. The fourth-order valence-electron chi connectivity index (χ4n) is 2.17. The van der Waals surface area contributed by atoms with Gasteiger partial charge >= 0.3 is 0 Å². The zero-order chi connectivity index (χ0) is 13.1. The van der Waals surface area contributed by atoms with Gasteiger partial charge < -0.3 is 15.6 Å². The number of benzene rings is 2. The van der Waals surface area contributed by atoms with E-state index in [4.69, 9.17) is 10.5 Å². The number of rotatable bonds is 4. The second-order valence-corrected chi connectivity index (χ2v) is 4.56. The molecule has 0 fully saturated rings. The molecule has 3 N–H and O–H groups in total. The smallest absolute Gasteiger partial charge is 0.125 e. The molecule has 2 atom stereocenters. The van der Waals surface area contributed by atoms with Crippen LogP contribution in [-0.2, 0) is 0 Å². The molecule has 18 heavy (non-hydrogen) atoms. The van der Waals surface area contributed by atoms with E-state index in [2.05, 4.69) is 0 Å². The largest absolute Gasteiger partial charge is 0.496 e. The van der Waals surface area contributed by atoms with Gasteiger partial charge in [-0.3, -0.25) is 0 Å². The molecule has 96 valence electrons. The Morgan fingerprint density at radius 1 is 1.22 bits per heavy atom. The molecule has 3 heteroatoms. The molecule has 0 heterocycles. The minimum atomic E-state index is -0.615. The van der Waals surface area contributed by atoms with E-state index in [9.17, 15) is 5.11 Å². The fourth-order valence-corrected chi connectivity index (χ4v) is 2.17. The molecule has 0 spiro atoms. The summed E-state index contributed by atoms with van der Waals surface area (Å²) in [6.45, 7) is 2.37. The number of hydrogen-bond donors (Lipinski definition) is 2. The maximum Gasteiger partial charge on any atom is 0.125 e. The van der Waals surface area contributed by atoms with Crippen LogP contribution in [0.25, 0.3) is 10.8 Å². The lowest BCUT2D eigenvalue weighted by molar-refractivity contribution is 0.120. The van der Waals surface area contributed by atoms with Gasteiger partial charge in [0, 0.05) is 5.56 Å². The SMILES string of the molecule is COc1ccc2ccccc2c1C(O)C(C)CN.